The Balaban J connectivity index is 1.99. The lowest BCUT2D eigenvalue weighted by Gasteiger charge is -2.22. The van der Waals surface area contributed by atoms with Gasteiger partial charge in [-0.1, -0.05) is 0 Å². The number of hydrogen-bond acceptors (Lipinski definition) is 5. The van der Waals surface area contributed by atoms with Crippen molar-refractivity contribution in [1.82, 2.24) is 4.72 Å². The summed E-state index contributed by atoms with van der Waals surface area (Å²) in [4.78, 5) is 2.23. The number of hydrogen-bond donors (Lipinski definition) is 2. The number of phenolic OH excluding ortho intramolecular Hbond substituents is 1. The van der Waals surface area contributed by atoms with E-state index in [1.54, 1.807) is 24.3 Å². The summed E-state index contributed by atoms with van der Waals surface area (Å²) in [5.74, 6) is 1.09. The molecular weight excluding hydrogens is 316 g/mol. The monoisotopic (exact) mass is 334 g/mol. The topological polar surface area (TPSA) is 78.9 Å². The second-order valence-corrected chi connectivity index (χ2v) is 6.94. The Bertz CT molecular complexity index is 803. The van der Waals surface area contributed by atoms with Crippen LogP contribution in [0, 0.1) is 0 Å². The summed E-state index contributed by atoms with van der Waals surface area (Å²) < 4.78 is 33.0. The number of fused-ring (bicyclic) bond motifs is 1. The molecule has 1 aliphatic heterocycles. The van der Waals surface area contributed by atoms with Crippen LogP contribution in [0.15, 0.2) is 47.4 Å². The molecule has 2 N–H and O–H groups in total. The van der Waals surface area contributed by atoms with E-state index >= 15 is 0 Å². The number of ether oxygens (including phenoxy) is 1. The average molecular weight is 334 g/mol. The van der Waals surface area contributed by atoms with E-state index in [1.165, 1.54) is 18.2 Å². The third kappa shape index (κ3) is 3.25. The van der Waals surface area contributed by atoms with Crippen LogP contribution in [-0.2, 0) is 10.0 Å². The highest BCUT2D eigenvalue weighted by molar-refractivity contribution is 7.89. The first-order valence-corrected chi connectivity index (χ1v) is 8.83. The van der Waals surface area contributed by atoms with Gasteiger partial charge in [-0.2, -0.15) is 0 Å². The standard InChI is InChI=1S/C16H18N2O4S/c1-2-18-10-9-17-23(20,21)16-11-14(7-8-15(16)18)22-13-5-3-12(19)4-6-13/h3-8,11,17,19H,2,9-10H2,1H3. The van der Waals surface area contributed by atoms with Gasteiger partial charge in [0.2, 0.25) is 10.0 Å². The first-order chi connectivity index (χ1) is 11.0. The minimum atomic E-state index is -3.55. The van der Waals surface area contributed by atoms with Gasteiger partial charge in [0.05, 0.1) is 5.69 Å². The number of benzene rings is 2. The Morgan fingerprint density at radius 1 is 1.17 bits per heavy atom. The molecule has 1 aliphatic rings. The fraction of sp³-hybridized carbons (Fsp3) is 0.250. The molecule has 6 nitrogen and oxygen atoms in total. The van der Waals surface area contributed by atoms with Gasteiger partial charge in [-0.15, -0.1) is 0 Å². The zero-order chi connectivity index (χ0) is 16.4. The van der Waals surface area contributed by atoms with Crippen molar-refractivity contribution < 1.29 is 18.3 Å². The molecule has 23 heavy (non-hydrogen) atoms. The molecule has 122 valence electrons. The Labute approximate surface area is 135 Å². The van der Waals surface area contributed by atoms with E-state index in [9.17, 15) is 13.5 Å². The van der Waals surface area contributed by atoms with Gasteiger partial charge >= 0.3 is 0 Å². The summed E-state index contributed by atoms with van der Waals surface area (Å²) in [5.41, 5.74) is 0.676. The minimum absolute atomic E-state index is 0.143. The molecule has 0 amide bonds. The molecule has 0 saturated heterocycles. The maximum Gasteiger partial charge on any atom is 0.242 e. The van der Waals surface area contributed by atoms with Crippen LogP contribution in [0.4, 0.5) is 5.69 Å². The SMILES string of the molecule is CCN1CCNS(=O)(=O)c2cc(Oc3ccc(O)cc3)ccc21. The van der Waals surface area contributed by atoms with Crippen molar-refractivity contribution >= 4 is 15.7 Å². The number of phenols is 1. The molecular formula is C16H18N2O4S. The van der Waals surface area contributed by atoms with Crippen molar-refractivity contribution in [2.45, 2.75) is 11.8 Å². The normalized spacial score (nSPS) is 16.5. The first-order valence-electron chi connectivity index (χ1n) is 7.35. The molecule has 0 saturated carbocycles. The van der Waals surface area contributed by atoms with Crippen molar-refractivity contribution in [2.75, 3.05) is 24.5 Å². The van der Waals surface area contributed by atoms with Crippen LogP contribution in [0.2, 0.25) is 0 Å². The number of rotatable bonds is 3. The summed E-state index contributed by atoms with van der Waals surface area (Å²) >= 11 is 0. The smallest absolute Gasteiger partial charge is 0.242 e. The lowest BCUT2D eigenvalue weighted by molar-refractivity contribution is 0.463. The maximum absolute atomic E-state index is 12.4. The molecule has 0 spiro atoms. The van der Waals surface area contributed by atoms with Crippen molar-refractivity contribution in [3.63, 3.8) is 0 Å². The van der Waals surface area contributed by atoms with Gasteiger partial charge in [0.15, 0.2) is 0 Å². The zero-order valence-corrected chi connectivity index (χ0v) is 13.5. The molecule has 0 aromatic heterocycles. The van der Waals surface area contributed by atoms with E-state index in [0.29, 0.717) is 30.3 Å². The van der Waals surface area contributed by atoms with E-state index in [-0.39, 0.29) is 10.6 Å². The summed E-state index contributed by atoms with van der Waals surface area (Å²) in [6, 6.07) is 11.3. The molecule has 0 aliphatic carbocycles. The molecule has 0 fully saturated rings. The largest absolute Gasteiger partial charge is 0.508 e. The second kappa shape index (κ2) is 6.10. The van der Waals surface area contributed by atoms with Crippen molar-refractivity contribution in [2.24, 2.45) is 0 Å². The van der Waals surface area contributed by atoms with E-state index in [4.69, 9.17) is 4.74 Å². The molecule has 0 bridgehead atoms. The van der Waals surface area contributed by atoms with Crippen LogP contribution in [0.25, 0.3) is 0 Å². The Hall–Kier alpha value is -2.25. The third-order valence-corrected chi connectivity index (χ3v) is 5.18. The highest BCUT2D eigenvalue weighted by Gasteiger charge is 2.25. The fourth-order valence-electron chi connectivity index (χ4n) is 2.53. The number of nitrogens with zero attached hydrogens (tertiary/aromatic N) is 1. The lowest BCUT2D eigenvalue weighted by Crippen LogP contribution is -2.29. The van der Waals surface area contributed by atoms with E-state index < -0.39 is 10.0 Å². The maximum atomic E-state index is 12.4. The van der Waals surface area contributed by atoms with Crippen molar-refractivity contribution in [3.8, 4) is 17.2 Å². The van der Waals surface area contributed by atoms with E-state index in [1.807, 2.05) is 11.8 Å². The summed E-state index contributed by atoms with van der Waals surface area (Å²) in [7, 11) is -3.55. The van der Waals surface area contributed by atoms with Gasteiger partial charge in [0.25, 0.3) is 0 Å². The van der Waals surface area contributed by atoms with Gasteiger partial charge in [0, 0.05) is 25.7 Å². The lowest BCUT2D eigenvalue weighted by atomic mass is 10.2. The third-order valence-electron chi connectivity index (χ3n) is 3.69. The molecule has 3 rings (SSSR count). The zero-order valence-electron chi connectivity index (χ0n) is 12.7. The second-order valence-electron chi connectivity index (χ2n) is 5.20. The molecule has 0 radical (unpaired) electrons. The first kappa shape index (κ1) is 15.6. The summed E-state index contributed by atoms with van der Waals surface area (Å²) in [6.45, 7) is 3.71. The predicted octanol–water partition coefficient (Wildman–Crippen LogP) is 2.30. The van der Waals surface area contributed by atoms with E-state index in [0.717, 1.165) is 6.54 Å². The van der Waals surface area contributed by atoms with Gasteiger partial charge in [0.1, 0.15) is 22.1 Å². The van der Waals surface area contributed by atoms with Crippen molar-refractivity contribution in [1.29, 1.82) is 0 Å². The van der Waals surface area contributed by atoms with Gasteiger partial charge in [-0.3, -0.25) is 0 Å². The predicted molar refractivity (Wildman–Crippen MR) is 87.7 cm³/mol. The molecule has 0 unspecified atom stereocenters. The van der Waals surface area contributed by atoms with Crippen LogP contribution < -0.4 is 14.4 Å². The van der Waals surface area contributed by atoms with Gasteiger partial charge in [-0.25, -0.2) is 13.1 Å². The van der Waals surface area contributed by atoms with E-state index in [2.05, 4.69) is 4.72 Å². The summed E-state index contributed by atoms with van der Waals surface area (Å²) in [6.07, 6.45) is 0. The average Bonchev–Trinajstić information content (AvgIpc) is 2.66. The number of sulfonamides is 1. The number of aromatic hydroxyl groups is 1. The molecule has 0 atom stereocenters. The molecule has 1 heterocycles. The van der Waals surface area contributed by atoms with Crippen LogP contribution in [0.1, 0.15) is 6.92 Å². The molecule has 7 heteroatoms. The quantitative estimate of drug-likeness (QED) is 0.900. The van der Waals surface area contributed by atoms with Gasteiger partial charge in [-0.05, 0) is 43.3 Å². The minimum Gasteiger partial charge on any atom is -0.508 e. The summed E-state index contributed by atoms with van der Waals surface area (Å²) in [5, 5.41) is 9.29. The number of nitrogens with one attached hydrogen (secondary N) is 1. The fourth-order valence-corrected chi connectivity index (χ4v) is 3.79. The van der Waals surface area contributed by atoms with Crippen LogP contribution >= 0.6 is 0 Å². The highest BCUT2D eigenvalue weighted by atomic mass is 32.2. The number of anilines is 1. The Kier molecular flexibility index (Phi) is 4.14. The Morgan fingerprint density at radius 2 is 1.87 bits per heavy atom. The molecule has 2 aromatic rings. The van der Waals surface area contributed by atoms with Crippen LogP contribution in [0.5, 0.6) is 17.2 Å². The van der Waals surface area contributed by atoms with Crippen molar-refractivity contribution in [3.05, 3.63) is 42.5 Å². The molecule has 2 aromatic carbocycles. The highest BCUT2D eigenvalue weighted by Crippen LogP contribution is 2.33. The van der Waals surface area contributed by atoms with Crippen LogP contribution in [-0.4, -0.2) is 33.2 Å². The van der Waals surface area contributed by atoms with Gasteiger partial charge < -0.3 is 14.7 Å². The van der Waals surface area contributed by atoms with Crippen LogP contribution in [0.3, 0.4) is 0 Å². The Morgan fingerprint density at radius 3 is 2.57 bits per heavy atom. The number of likely N-dealkylation sites (N-methyl/N-ethyl adjacent to an activating group) is 1.